The SMILES string of the molecule is CCCC1=[C]([Zr]([C]2=C(C)C(C)=C(C)C2(C)C)([C]2=C(CCC)C(C)=C(C)C2(C)C)[SiH](C)C)C(C)(C)C(C)=C1C.Cl.Cl. The van der Waals surface area contributed by atoms with E-state index < -0.39 is 25.4 Å². The van der Waals surface area contributed by atoms with Crippen LogP contribution in [0.3, 0.4) is 0 Å². The standard InChI is InChI=1S/2C12H19.C10H15.C2H7Si.2ClH.Zr/c2*1-6-7-11-8-12(4,5)10(3)9(11)2;1-7-6-10(4,5)9(3)8(7)2;1-3-2;;;/h2*6-7H2,1-5H3;1-5H3;3H,1-2H3;2*1H;. The molecule has 4 heteroatoms. The maximum absolute atomic E-state index is 3.54. The molecule has 0 saturated carbocycles. The molecule has 0 amide bonds. The molecule has 3 aliphatic carbocycles. The van der Waals surface area contributed by atoms with Crippen molar-refractivity contribution in [3.05, 3.63) is 60.0 Å². The van der Waals surface area contributed by atoms with Crippen LogP contribution in [0.2, 0.25) is 13.1 Å². The molecule has 0 aromatic rings. The molecule has 0 spiro atoms. The number of hydrogen-bond donors (Lipinski definition) is 0. The molecule has 0 aromatic heterocycles. The fourth-order valence-electron chi connectivity index (χ4n) is 9.10. The Morgan fingerprint density at radius 1 is 0.500 bits per heavy atom. The van der Waals surface area contributed by atoms with Crippen LogP contribution in [0.25, 0.3) is 0 Å². The minimum absolute atomic E-state index is 0. The van der Waals surface area contributed by atoms with E-state index in [1.807, 2.05) is 9.84 Å². The topological polar surface area (TPSA) is 0 Å². The van der Waals surface area contributed by atoms with E-state index in [1.54, 1.807) is 50.2 Å². The van der Waals surface area contributed by atoms with Gasteiger partial charge in [-0.3, -0.25) is 0 Å². The van der Waals surface area contributed by atoms with Crippen molar-refractivity contribution < 1.29 is 19.4 Å². The minimum atomic E-state index is -3.54. The van der Waals surface area contributed by atoms with E-state index in [4.69, 9.17) is 0 Å². The molecular formula is C36H62Cl2SiZr. The molecule has 0 radical (unpaired) electrons. The van der Waals surface area contributed by atoms with Gasteiger partial charge in [0.1, 0.15) is 0 Å². The van der Waals surface area contributed by atoms with Crippen LogP contribution in [0, 0.1) is 16.2 Å². The van der Waals surface area contributed by atoms with E-state index in [0.29, 0.717) is 0 Å². The summed E-state index contributed by atoms with van der Waals surface area (Å²) >= 11 is -3.54. The maximum Gasteiger partial charge on any atom is -0.147 e. The van der Waals surface area contributed by atoms with Gasteiger partial charge < -0.3 is 0 Å². The third-order valence-electron chi connectivity index (χ3n) is 11.9. The van der Waals surface area contributed by atoms with Crippen LogP contribution in [-0.4, -0.2) is 5.92 Å². The van der Waals surface area contributed by atoms with Gasteiger partial charge in [-0.2, -0.15) is 0 Å². The Balaban J connectivity index is 0.00000400. The average Bonchev–Trinajstić information content (AvgIpc) is 3.17. The van der Waals surface area contributed by atoms with Crippen LogP contribution in [0.4, 0.5) is 0 Å². The van der Waals surface area contributed by atoms with Gasteiger partial charge in [0.25, 0.3) is 0 Å². The van der Waals surface area contributed by atoms with Gasteiger partial charge in [0.15, 0.2) is 0 Å². The summed E-state index contributed by atoms with van der Waals surface area (Å²) in [5.74, 6) is -1.20. The maximum atomic E-state index is 2.78. The second-order valence-corrected chi connectivity index (χ2v) is 38.4. The molecule has 0 saturated heterocycles. The first-order valence-corrected chi connectivity index (χ1v) is 26.4. The van der Waals surface area contributed by atoms with E-state index in [9.17, 15) is 0 Å². The Morgan fingerprint density at radius 2 is 0.800 bits per heavy atom. The fraction of sp³-hybridized carbons (Fsp3) is 0.667. The molecule has 228 valence electrons. The van der Waals surface area contributed by atoms with Crippen molar-refractivity contribution in [2.24, 2.45) is 16.2 Å². The molecule has 0 N–H and O–H groups in total. The summed E-state index contributed by atoms with van der Waals surface area (Å²) in [5.41, 5.74) is 15.4. The van der Waals surface area contributed by atoms with Gasteiger partial charge in [-0.15, -0.1) is 24.8 Å². The number of halogens is 2. The molecule has 3 rings (SSSR count). The predicted molar refractivity (Wildman–Crippen MR) is 186 cm³/mol. The van der Waals surface area contributed by atoms with Gasteiger partial charge in [-0.1, -0.05) is 0 Å². The molecule has 0 atom stereocenters. The van der Waals surface area contributed by atoms with E-state index in [2.05, 4.69) is 117 Å². The first kappa shape index (κ1) is 38.1. The molecule has 0 bridgehead atoms. The zero-order valence-electron chi connectivity index (χ0n) is 29.2. The van der Waals surface area contributed by atoms with Crippen LogP contribution >= 0.6 is 24.8 Å². The van der Waals surface area contributed by atoms with Gasteiger partial charge in [0, 0.05) is 0 Å². The summed E-state index contributed by atoms with van der Waals surface area (Å²) in [6, 6.07) is 0. The van der Waals surface area contributed by atoms with Crippen molar-refractivity contribution in [3.8, 4) is 0 Å². The molecular weight excluding hydrogens is 623 g/mol. The van der Waals surface area contributed by atoms with Gasteiger partial charge in [-0.25, -0.2) is 0 Å². The van der Waals surface area contributed by atoms with E-state index >= 15 is 0 Å². The molecule has 0 fully saturated rings. The quantitative estimate of drug-likeness (QED) is 0.223. The van der Waals surface area contributed by atoms with Gasteiger partial charge in [0.05, 0.1) is 0 Å². The molecule has 0 nitrogen and oxygen atoms in total. The fourth-order valence-corrected chi connectivity index (χ4v) is 49.6. The van der Waals surface area contributed by atoms with Crippen LogP contribution < -0.4 is 0 Å². The number of hydrogen-bond acceptors (Lipinski definition) is 0. The monoisotopic (exact) mass is 682 g/mol. The van der Waals surface area contributed by atoms with Crippen LogP contribution in [0.1, 0.15) is 130 Å². The Bertz CT molecular complexity index is 1180. The third kappa shape index (κ3) is 5.04. The van der Waals surface area contributed by atoms with Crippen molar-refractivity contribution in [3.63, 3.8) is 0 Å². The Hall–Kier alpha value is 0.120. The summed E-state index contributed by atoms with van der Waals surface area (Å²) < 4.78 is 5.95. The van der Waals surface area contributed by atoms with Crippen LogP contribution in [0.15, 0.2) is 60.0 Å². The van der Waals surface area contributed by atoms with Crippen molar-refractivity contribution in [1.29, 1.82) is 0 Å². The summed E-state index contributed by atoms with van der Waals surface area (Å²) in [6.07, 6.45) is 4.95. The molecule has 3 aliphatic rings. The van der Waals surface area contributed by atoms with E-state index in [-0.39, 0.29) is 41.1 Å². The Labute approximate surface area is 267 Å². The number of rotatable bonds is 8. The third-order valence-corrected chi connectivity index (χ3v) is 44.3. The zero-order chi connectivity index (χ0) is 29.3. The van der Waals surface area contributed by atoms with Gasteiger partial charge >= 0.3 is 244 Å². The summed E-state index contributed by atoms with van der Waals surface area (Å²) in [6.45, 7) is 43.3. The number of allylic oxidation sites excluding steroid dienone is 12. The minimum Gasteiger partial charge on any atom is -0.147 e. The first-order valence-electron chi connectivity index (χ1n) is 15.6. The van der Waals surface area contributed by atoms with Crippen LogP contribution in [-0.2, 0) is 19.4 Å². The van der Waals surface area contributed by atoms with Crippen molar-refractivity contribution >= 4 is 30.7 Å². The summed E-state index contributed by atoms with van der Waals surface area (Å²) in [4.78, 5) is 0. The summed E-state index contributed by atoms with van der Waals surface area (Å²) in [5, 5.41) is 0. The van der Waals surface area contributed by atoms with Crippen molar-refractivity contribution in [1.82, 2.24) is 0 Å². The first-order chi connectivity index (χ1) is 17.3. The second-order valence-electron chi connectivity index (χ2n) is 14.8. The molecule has 0 unspecified atom stereocenters. The average molecular weight is 685 g/mol. The smallest absolute Gasteiger partial charge is 0.147 e. The van der Waals surface area contributed by atoms with E-state index in [1.165, 1.54) is 25.7 Å². The second kappa shape index (κ2) is 12.6. The largest absolute Gasteiger partial charge is 0.147 e. The van der Waals surface area contributed by atoms with E-state index in [0.717, 1.165) is 0 Å². The molecule has 0 heterocycles. The normalized spacial score (nSPS) is 22.4. The Morgan fingerprint density at radius 3 is 1.05 bits per heavy atom. The van der Waals surface area contributed by atoms with Crippen LogP contribution in [0.5, 0.6) is 0 Å². The summed E-state index contributed by atoms with van der Waals surface area (Å²) in [7, 11) is 0. The van der Waals surface area contributed by atoms with Gasteiger partial charge in [-0.05, 0) is 0 Å². The predicted octanol–water partition coefficient (Wildman–Crippen LogP) is 12.5. The zero-order valence-corrected chi connectivity index (χ0v) is 34.5. The molecule has 40 heavy (non-hydrogen) atoms. The molecule has 0 aliphatic heterocycles. The van der Waals surface area contributed by atoms with Crippen molar-refractivity contribution in [2.45, 2.75) is 143 Å². The van der Waals surface area contributed by atoms with Crippen molar-refractivity contribution in [2.75, 3.05) is 0 Å². The van der Waals surface area contributed by atoms with Gasteiger partial charge in [0.2, 0.25) is 0 Å². The molecule has 0 aromatic carbocycles. The Kier molecular flexibility index (Phi) is 12.0.